The number of Topliss-reactive ketones (excluding diaryl/α,β-unsaturated/α-hetero) is 1. The van der Waals surface area contributed by atoms with Gasteiger partial charge in [0.25, 0.3) is 0 Å². The Morgan fingerprint density at radius 2 is 1.81 bits per heavy atom. The molecule has 122 valence electrons. The van der Waals surface area contributed by atoms with Crippen LogP contribution >= 0.6 is 18.2 Å². The van der Waals surface area contributed by atoms with Crippen molar-refractivity contribution in [3.8, 4) is 0 Å². The summed E-state index contributed by atoms with van der Waals surface area (Å²) in [6.45, 7) is 2.00. The molecule has 1 rings (SSSR count). The Bertz CT molecular complexity index is 417. The first-order chi connectivity index (χ1) is 9.94. The summed E-state index contributed by atoms with van der Waals surface area (Å²) < 4.78 is 26.7. The monoisotopic (exact) mass is 338 g/mol. The van der Waals surface area contributed by atoms with Crippen LogP contribution in [0.4, 0.5) is 0 Å². The van der Waals surface area contributed by atoms with Crippen LogP contribution in [0.15, 0.2) is 0 Å². The molecule has 0 spiro atoms. The molecular formula is C13H23O6PS. The smallest absolute Gasteiger partial charge is 0.390 e. The van der Waals surface area contributed by atoms with Gasteiger partial charge in [0.2, 0.25) is 0 Å². The van der Waals surface area contributed by atoms with Crippen LogP contribution in [0.5, 0.6) is 0 Å². The molecule has 0 aromatic rings. The van der Waals surface area contributed by atoms with Crippen LogP contribution in [0.25, 0.3) is 0 Å². The average molecular weight is 338 g/mol. The minimum absolute atomic E-state index is 0.169. The van der Waals surface area contributed by atoms with Gasteiger partial charge >= 0.3 is 12.8 Å². The van der Waals surface area contributed by atoms with Crippen LogP contribution in [0.1, 0.15) is 46.5 Å². The first-order valence-corrected chi connectivity index (χ1v) is 10.2. The van der Waals surface area contributed by atoms with Crippen molar-refractivity contribution >= 4 is 29.9 Å². The molecule has 1 unspecified atom stereocenters. The molecule has 8 heteroatoms. The van der Waals surface area contributed by atoms with Crippen molar-refractivity contribution in [2.75, 3.05) is 19.8 Å². The van der Waals surface area contributed by atoms with E-state index in [9.17, 15) is 14.2 Å². The van der Waals surface area contributed by atoms with Gasteiger partial charge in [-0.05, 0) is 45.0 Å². The summed E-state index contributed by atoms with van der Waals surface area (Å²) in [6.07, 6.45) is 2.02. The third-order valence-corrected chi connectivity index (χ3v) is 7.60. The molecule has 0 bridgehead atoms. The Hall–Kier alpha value is -0.360. The van der Waals surface area contributed by atoms with Crippen molar-refractivity contribution in [2.24, 2.45) is 0 Å². The molecule has 0 saturated heterocycles. The van der Waals surface area contributed by atoms with Crippen LogP contribution in [0, 0.1) is 0 Å². The number of rotatable bonds is 8. The summed E-state index contributed by atoms with van der Waals surface area (Å²) in [4.78, 5) is 24.7. The lowest BCUT2D eigenvalue weighted by molar-refractivity contribution is -0.150. The van der Waals surface area contributed by atoms with Crippen molar-refractivity contribution in [2.45, 2.75) is 51.2 Å². The van der Waals surface area contributed by atoms with Gasteiger partial charge in [-0.25, -0.2) is 4.57 Å². The summed E-state index contributed by atoms with van der Waals surface area (Å²) in [5.74, 6) is -0.892. The molecule has 1 fully saturated rings. The number of hydrogen-bond acceptors (Lipinski definition) is 7. The molecule has 0 radical (unpaired) electrons. The Labute approximate surface area is 129 Å². The lowest BCUT2D eigenvalue weighted by Gasteiger charge is -2.34. The molecule has 0 aromatic carbocycles. The van der Waals surface area contributed by atoms with E-state index < -0.39 is 17.5 Å². The molecule has 1 saturated carbocycles. The first-order valence-electron chi connectivity index (χ1n) is 7.24. The Morgan fingerprint density at radius 1 is 1.19 bits per heavy atom. The fraction of sp³-hybridized carbons (Fsp3) is 0.846. The fourth-order valence-electron chi connectivity index (χ4n) is 2.20. The second-order valence-electron chi connectivity index (χ2n) is 4.55. The zero-order valence-corrected chi connectivity index (χ0v) is 14.5. The van der Waals surface area contributed by atoms with Gasteiger partial charge in [0, 0.05) is 6.42 Å². The third kappa shape index (κ3) is 4.55. The standard InChI is InChI=1S/C13H23O6PS/c1-4-17-12(15)13(10-8-7-9-11(13)14)21-20(16,18-5-2)19-6-3/h4-10H2,1-3H3. The maximum Gasteiger partial charge on any atom is 0.390 e. The number of carbonyl (C=O) groups excluding carboxylic acids is 2. The van der Waals surface area contributed by atoms with Crippen molar-refractivity contribution in [3.05, 3.63) is 0 Å². The predicted octanol–water partition coefficient (Wildman–Crippen LogP) is 3.35. The number of esters is 1. The fourth-order valence-corrected chi connectivity index (χ4v) is 6.86. The van der Waals surface area contributed by atoms with Crippen molar-refractivity contribution in [1.29, 1.82) is 0 Å². The second-order valence-corrected chi connectivity index (χ2v) is 8.73. The molecule has 1 atom stereocenters. The Balaban J connectivity index is 3.09. The van der Waals surface area contributed by atoms with Crippen LogP contribution in [-0.4, -0.2) is 36.3 Å². The van der Waals surface area contributed by atoms with E-state index in [0.717, 1.165) is 6.42 Å². The number of carbonyl (C=O) groups is 2. The highest BCUT2D eigenvalue weighted by molar-refractivity contribution is 8.56. The van der Waals surface area contributed by atoms with Crippen molar-refractivity contribution < 1.29 is 27.9 Å². The number of ether oxygens (including phenoxy) is 1. The Kier molecular flexibility index (Phi) is 7.40. The molecular weight excluding hydrogens is 315 g/mol. The Morgan fingerprint density at radius 3 is 2.29 bits per heavy atom. The van der Waals surface area contributed by atoms with Gasteiger partial charge in [-0.2, -0.15) is 0 Å². The largest absolute Gasteiger partial charge is 0.465 e. The zero-order valence-electron chi connectivity index (χ0n) is 12.8. The van der Waals surface area contributed by atoms with Crippen LogP contribution in [-0.2, 0) is 27.9 Å². The molecule has 1 aliphatic rings. The average Bonchev–Trinajstić information content (AvgIpc) is 2.42. The maximum absolute atomic E-state index is 12.7. The normalized spacial score (nSPS) is 23.1. The van der Waals surface area contributed by atoms with E-state index in [0.29, 0.717) is 24.2 Å². The van der Waals surface area contributed by atoms with E-state index in [1.54, 1.807) is 20.8 Å². The van der Waals surface area contributed by atoms with E-state index in [2.05, 4.69) is 0 Å². The van der Waals surface area contributed by atoms with Crippen molar-refractivity contribution in [1.82, 2.24) is 0 Å². The summed E-state index contributed by atoms with van der Waals surface area (Å²) >= 11 is 0.708. The summed E-state index contributed by atoms with van der Waals surface area (Å²) in [6, 6.07) is 0. The van der Waals surface area contributed by atoms with Gasteiger partial charge in [-0.1, -0.05) is 6.42 Å². The maximum atomic E-state index is 12.7. The second kappa shape index (κ2) is 8.32. The molecule has 0 aliphatic heterocycles. The molecule has 0 amide bonds. The van der Waals surface area contributed by atoms with Gasteiger partial charge < -0.3 is 13.8 Å². The van der Waals surface area contributed by atoms with Gasteiger partial charge in [0.1, 0.15) is 0 Å². The van der Waals surface area contributed by atoms with E-state index in [4.69, 9.17) is 13.8 Å². The van der Waals surface area contributed by atoms with Gasteiger partial charge in [-0.3, -0.25) is 9.59 Å². The molecule has 1 aliphatic carbocycles. The highest BCUT2D eigenvalue weighted by atomic mass is 32.7. The van der Waals surface area contributed by atoms with Gasteiger partial charge in [-0.15, -0.1) is 0 Å². The highest BCUT2D eigenvalue weighted by Crippen LogP contribution is 2.67. The zero-order chi connectivity index (χ0) is 15.9. The van der Waals surface area contributed by atoms with E-state index >= 15 is 0 Å². The topological polar surface area (TPSA) is 78.9 Å². The molecule has 21 heavy (non-hydrogen) atoms. The van der Waals surface area contributed by atoms with E-state index in [-0.39, 0.29) is 32.0 Å². The lowest BCUT2D eigenvalue weighted by atomic mass is 9.87. The minimum atomic E-state index is -3.57. The summed E-state index contributed by atoms with van der Waals surface area (Å²) in [5.41, 5.74) is 0. The predicted molar refractivity (Wildman–Crippen MR) is 81.3 cm³/mol. The third-order valence-electron chi connectivity index (χ3n) is 3.08. The first kappa shape index (κ1) is 18.7. The number of ketones is 1. The van der Waals surface area contributed by atoms with Crippen LogP contribution in [0.3, 0.4) is 0 Å². The van der Waals surface area contributed by atoms with E-state index in [1.165, 1.54) is 0 Å². The summed E-state index contributed by atoms with van der Waals surface area (Å²) in [7, 11) is 0. The van der Waals surface area contributed by atoms with Gasteiger partial charge in [0.05, 0.1) is 19.8 Å². The van der Waals surface area contributed by atoms with E-state index in [1.807, 2.05) is 0 Å². The van der Waals surface area contributed by atoms with Crippen molar-refractivity contribution in [3.63, 3.8) is 0 Å². The van der Waals surface area contributed by atoms with Crippen LogP contribution < -0.4 is 0 Å². The SMILES string of the molecule is CCOC(=O)C1(SP(=O)(OCC)OCC)CCCCC1=O. The quantitative estimate of drug-likeness (QED) is 0.381. The molecule has 6 nitrogen and oxygen atoms in total. The number of hydrogen-bond donors (Lipinski definition) is 0. The lowest BCUT2D eigenvalue weighted by Crippen LogP contribution is -2.46. The minimum Gasteiger partial charge on any atom is -0.465 e. The van der Waals surface area contributed by atoms with Gasteiger partial charge in [0.15, 0.2) is 10.5 Å². The highest BCUT2D eigenvalue weighted by Gasteiger charge is 2.54. The summed E-state index contributed by atoms with van der Waals surface area (Å²) in [5, 5.41) is 0. The van der Waals surface area contributed by atoms with Crippen LogP contribution in [0.2, 0.25) is 0 Å². The molecule has 0 aromatic heterocycles. The molecule has 0 N–H and O–H groups in total. The molecule has 0 heterocycles.